The van der Waals surface area contributed by atoms with Gasteiger partial charge >= 0.3 is 0 Å². The summed E-state index contributed by atoms with van der Waals surface area (Å²) in [6, 6.07) is 8.69. The first-order valence-corrected chi connectivity index (χ1v) is 9.40. The number of amides is 1. The number of hydrogen-bond acceptors (Lipinski definition) is 2. The quantitative estimate of drug-likeness (QED) is 0.921. The Kier molecular flexibility index (Phi) is 4.39. The lowest BCUT2D eigenvalue weighted by Crippen LogP contribution is -2.38. The average Bonchev–Trinajstić information content (AvgIpc) is 3.19. The summed E-state index contributed by atoms with van der Waals surface area (Å²) in [4.78, 5) is 15.0. The molecule has 0 radical (unpaired) electrons. The summed E-state index contributed by atoms with van der Waals surface area (Å²) < 4.78 is 0. The Labute approximate surface area is 139 Å². The summed E-state index contributed by atoms with van der Waals surface area (Å²) >= 11 is 0. The molecule has 1 aromatic rings. The first-order valence-electron chi connectivity index (χ1n) is 9.40. The second-order valence-corrected chi connectivity index (χ2v) is 7.79. The summed E-state index contributed by atoms with van der Waals surface area (Å²) in [7, 11) is 0. The van der Waals surface area contributed by atoms with Crippen molar-refractivity contribution in [3.63, 3.8) is 0 Å². The van der Waals surface area contributed by atoms with Crippen LogP contribution in [0.15, 0.2) is 24.3 Å². The number of likely N-dealkylation sites (tertiary alicyclic amines) is 1. The molecule has 1 amide bonds. The van der Waals surface area contributed by atoms with Crippen LogP contribution in [0.3, 0.4) is 0 Å². The highest BCUT2D eigenvalue weighted by molar-refractivity contribution is 5.94. The van der Waals surface area contributed by atoms with E-state index in [1.165, 1.54) is 63.6 Å². The fourth-order valence-corrected chi connectivity index (χ4v) is 4.81. The summed E-state index contributed by atoms with van der Waals surface area (Å²) in [5.74, 6) is 1.73. The lowest BCUT2D eigenvalue weighted by molar-refractivity contribution is 0.0923. The predicted octanol–water partition coefficient (Wildman–Crippen LogP) is 3.59. The lowest BCUT2D eigenvalue weighted by atomic mass is 9.95. The van der Waals surface area contributed by atoms with Gasteiger partial charge in [-0.3, -0.25) is 9.69 Å². The second-order valence-electron chi connectivity index (χ2n) is 7.79. The van der Waals surface area contributed by atoms with Gasteiger partial charge in [-0.2, -0.15) is 0 Å². The highest BCUT2D eigenvalue weighted by Gasteiger charge is 2.40. The molecule has 23 heavy (non-hydrogen) atoms. The van der Waals surface area contributed by atoms with E-state index in [2.05, 4.69) is 22.3 Å². The molecule has 3 aliphatic rings. The third-order valence-electron chi connectivity index (χ3n) is 6.13. The molecule has 0 spiro atoms. The third kappa shape index (κ3) is 3.45. The Hall–Kier alpha value is -1.35. The zero-order valence-electron chi connectivity index (χ0n) is 14.0. The summed E-state index contributed by atoms with van der Waals surface area (Å²) in [6.07, 6.45) is 9.24. The van der Waals surface area contributed by atoms with E-state index in [0.29, 0.717) is 6.04 Å². The molecule has 2 saturated carbocycles. The van der Waals surface area contributed by atoms with Crippen molar-refractivity contribution in [1.82, 2.24) is 10.2 Å². The van der Waals surface area contributed by atoms with Crippen LogP contribution in [-0.4, -0.2) is 29.9 Å². The zero-order valence-corrected chi connectivity index (χ0v) is 14.0. The molecule has 0 aromatic heterocycles. The Balaban J connectivity index is 1.33. The van der Waals surface area contributed by atoms with Crippen molar-refractivity contribution >= 4 is 5.91 Å². The molecule has 3 atom stereocenters. The van der Waals surface area contributed by atoms with Crippen molar-refractivity contribution in [2.24, 2.45) is 11.8 Å². The van der Waals surface area contributed by atoms with Gasteiger partial charge in [-0.05, 0) is 74.7 Å². The van der Waals surface area contributed by atoms with Crippen LogP contribution in [0, 0.1) is 11.8 Å². The fraction of sp³-hybridized carbons (Fsp3) is 0.650. The summed E-state index contributed by atoms with van der Waals surface area (Å²) in [6.45, 7) is 3.45. The zero-order chi connectivity index (χ0) is 15.6. The first-order chi connectivity index (χ1) is 11.3. The highest BCUT2D eigenvalue weighted by atomic mass is 16.1. The molecule has 4 rings (SSSR count). The normalized spacial score (nSPS) is 30.5. The molecule has 2 aliphatic carbocycles. The first kappa shape index (κ1) is 15.2. The Morgan fingerprint density at radius 1 is 1.04 bits per heavy atom. The maximum Gasteiger partial charge on any atom is 0.251 e. The number of carbonyl (C=O) groups is 1. The van der Waals surface area contributed by atoms with Gasteiger partial charge in [0.25, 0.3) is 5.91 Å². The van der Waals surface area contributed by atoms with E-state index >= 15 is 0 Å². The highest BCUT2D eigenvalue weighted by Crippen LogP contribution is 2.44. The van der Waals surface area contributed by atoms with Crippen molar-refractivity contribution in [3.05, 3.63) is 35.4 Å². The molecule has 1 heterocycles. The van der Waals surface area contributed by atoms with Crippen LogP contribution in [0.1, 0.15) is 60.9 Å². The van der Waals surface area contributed by atoms with E-state index in [9.17, 15) is 4.79 Å². The van der Waals surface area contributed by atoms with Crippen molar-refractivity contribution in [2.75, 3.05) is 13.1 Å². The average molecular weight is 312 g/mol. The molecule has 1 aliphatic heterocycles. The van der Waals surface area contributed by atoms with Gasteiger partial charge in [-0.15, -0.1) is 0 Å². The summed E-state index contributed by atoms with van der Waals surface area (Å²) in [5, 5.41) is 3.28. The van der Waals surface area contributed by atoms with Gasteiger partial charge in [0.05, 0.1) is 0 Å². The van der Waals surface area contributed by atoms with Gasteiger partial charge in [0.2, 0.25) is 0 Å². The van der Waals surface area contributed by atoms with Crippen molar-refractivity contribution in [2.45, 2.75) is 57.5 Å². The predicted molar refractivity (Wildman–Crippen MR) is 92.3 cm³/mol. The monoisotopic (exact) mass is 312 g/mol. The molecule has 1 aromatic carbocycles. The fourth-order valence-electron chi connectivity index (χ4n) is 4.81. The van der Waals surface area contributed by atoms with E-state index in [1.807, 2.05) is 12.1 Å². The maximum atomic E-state index is 12.5. The van der Waals surface area contributed by atoms with Crippen LogP contribution in [-0.2, 0) is 6.54 Å². The van der Waals surface area contributed by atoms with Gasteiger partial charge in [0.15, 0.2) is 0 Å². The van der Waals surface area contributed by atoms with E-state index in [-0.39, 0.29) is 5.91 Å². The second kappa shape index (κ2) is 6.64. The van der Waals surface area contributed by atoms with Gasteiger partial charge in [-0.25, -0.2) is 0 Å². The number of piperidine rings is 1. The van der Waals surface area contributed by atoms with E-state index < -0.39 is 0 Å². The van der Waals surface area contributed by atoms with E-state index in [4.69, 9.17) is 0 Å². The number of carbonyl (C=O) groups excluding carboxylic acids is 1. The number of hydrogen-bond donors (Lipinski definition) is 1. The molecule has 0 unspecified atom stereocenters. The Morgan fingerprint density at radius 2 is 1.83 bits per heavy atom. The van der Waals surface area contributed by atoms with Gasteiger partial charge in [0, 0.05) is 18.2 Å². The number of nitrogens with zero attached hydrogens (tertiary/aromatic N) is 1. The number of fused-ring (bicyclic) bond motifs is 2. The molecule has 1 saturated heterocycles. The van der Waals surface area contributed by atoms with E-state index in [0.717, 1.165) is 23.9 Å². The molecule has 124 valence electrons. The molecule has 3 heteroatoms. The van der Waals surface area contributed by atoms with Gasteiger partial charge in [-0.1, -0.05) is 25.0 Å². The molecule has 3 fully saturated rings. The number of nitrogens with one attached hydrogen (secondary N) is 1. The van der Waals surface area contributed by atoms with Gasteiger partial charge in [0.1, 0.15) is 0 Å². The van der Waals surface area contributed by atoms with Crippen LogP contribution in [0.4, 0.5) is 0 Å². The number of benzene rings is 1. The molecular formula is C20H28N2O. The van der Waals surface area contributed by atoms with E-state index in [1.54, 1.807) is 0 Å². The molecular weight excluding hydrogens is 284 g/mol. The Morgan fingerprint density at radius 3 is 2.48 bits per heavy atom. The summed E-state index contributed by atoms with van der Waals surface area (Å²) in [5.41, 5.74) is 2.14. The van der Waals surface area contributed by atoms with Crippen molar-refractivity contribution in [3.8, 4) is 0 Å². The molecule has 2 bridgehead atoms. The standard InChI is InChI=1S/C20H28N2O/c23-20(21-19-13-16-6-9-18(19)12-16)17-7-4-15(5-8-17)14-22-10-2-1-3-11-22/h4-5,7-8,16,18-19H,1-3,6,9-14H2,(H,21,23)/t16-,18-,19-/m1/s1. The lowest BCUT2D eigenvalue weighted by Gasteiger charge is -2.26. The smallest absolute Gasteiger partial charge is 0.251 e. The van der Waals surface area contributed by atoms with Crippen molar-refractivity contribution < 1.29 is 4.79 Å². The Bertz CT molecular complexity index is 547. The third-order valence-corrected chi connectivity index (χ3v) is 6.13. The largest absolute Gasteiger partial charge is 0.349 e. The maximum absolute atomic E-state index is 12.5. The number of rotatable bonds is 4. The van der Waals surface area contributed by atoms with Crippen LogP contribution in [0.2, 0.25) is 0 Å². The molecule has 1 N–H and O–H groups in total. The van der Waals surface area contributed by atoms with Crippen molar-refractivity contribution in [1.29, 1.82) is 0 Å². The van der Waals surface area contributed by atoms with Crippen LogP contribution >= 0.6 is 0 Å². The van der Waals surface area contributed by atoms with Gasteiger partial charge < -0.3 is 5.32 Å². The minimum Gasteiger partial charge on any atom is -0.349 e. The topological polar surface area (TPSA) is 32.3 Å². The van der Waals surface area contributed by atoms with Crippen LogP contribution < -0.4 is 5.32 Å². The molecule has 3 nitrogen and oxygen atoms in total. The minimum absolute atomic E-state index is 0.118. The van der Waals surface area contributed by atoms with Crippen LogP contribution in [0.25, 0.3) is 0 Å². The van der Waals surface area contributed by atoms with Crippen LogP contribution in [0.5, 0.6) is 0 Å². The minimum atomic E-state index is 0.118. The SMILES string of the molecule is O=C(N[C@@H]1C[C@@H]2CC[C@@H]1C2)c1ccc(CN2CCCCC2)cc1.